The van der Waals surface area contributed by atoms with Gasteiger partial charge >= 0.3 is 12.2 Å². The van der Waals surface area contributed by atoms with Gasteiger partial charge in [0.25, 0.3) is 0 Å². The molecular formula is C12H13ClN2O4. The lowest BCUT2D eigenvalue weighted by Crippen LogP contribution is -2.34. The second kappa shape index (κ2) is 5.79. The number of carbonyl (C=O) groups is 2. The van der Waals surface area contributed by atoms with Crippen molar-refractivity contribution in [2.45, 2.75) is 6.10 Å². The van der Waals surface area contributed by atoms with Crippen molar-refractivity contribution in [3.05, 3.63) is 29.3 Å². The second-order valence-corrected chi connectivity index (χ2v) is 4.41. The summed E-state index contributed by atoms with van der Waals surface area (Å²) in [5.74, 6) is 0. The average Bonchev–Trinajstić information content (AvgIpc) is 2.77. The van der Waals surface area contributed by atoms with E-state index in [-0.39, 0.29) is 6.54 Å². The molecule has 1 saturated heterocycles. The number of benzene rings is 1. The van der Waals surface area contributed by atoms with Gasteiger partial charge in [0.05, 0.1) is 20.2 Å². The predicted molar refractivity (Wildman–Crippen MR) is 69.5 cm³/mol. The maximum Gasteiger partial charge on any atom is 0.414 e. The SMILES string of the molecule is COC(=O)NC[C@@H]1CN(c2cccc(Cl)c2)C(=O)O1. The predicted octanol–water partition coefficient (Wildman–Crippen LogP) is 2.02. The molecule has 1 heterocycles. The van der Waals surface area contributed by atoms with E-state index in [2.05, 4.69) is 10.1 Å². The van der Waals surface area contributed by atoms with Gasteiger partial charge in [0.15, 0.2) is 0 Å². The van der Waals surface area contributed by atoms with Crippen LogP contribution in [0.2, 0.25) is 5.02 Å². The molecule has 1 atom stereocenters. The molecule has 0 unspecified atom stereocenters. The molecule has 0 spiro atoms. The number of hydrogen-bond donors (Lipinski definition) is 1. The number of ether oxygens (including phenoxy) is 2. The van der Waals surface area contributed by atoms with E-state index in [1.54, 1.807) is 24.3 Å². The Labute approximate surface area is 115 Å². The molecule has 0 bridgehead atoms. The minimum absolute atomic E-state index is 0.204. The van der Waals surface area contributed by atoms with Crippen molar-refractivity contribution in [3.63, 3.8) is 0 Å². The number of alkyl carbamates (subject to hydrolysis) is 1. The highest BCUT2D eigenvalue weighted by Gasteiger charge is 2.32. The third-order valence-corrected chi connectivity index (χ3v) is 2.89. The highest BCUT2D eigenvalue weighted by atomic mass is 35.5. The van der Waals surface area contributed by atoms with E-state index in [1.807, 2.05) is 0 Å². The summed E-state index contributed by atoms with van der Waals surface area (Å²) in [5.41, 5.74) is 0.665. The smallest absolute Gasteiger partial charge is 0.414 e. The summed E-state index contributed by atoms with van der Waals surface area (Å²) in [6.07, 6.45) is -1.43. The zero-order valence-corrected chi connectivity index (χ0v) is 11.0. The first-order valence-corrected chi connectivity index (χ1v) is 6.03. The van der Waals surface area contributed by atoms with Gasteiger partial charge in [-0.1, -0.05) is 17.7 Å². The van der Waals surface area contributed by atoms with Crippen molar-refractivity contribution in [1.29, 1.82) is 0 Å². The lowest BCUT2D eigenvalue weighted by atomic mass is 10.2. The molecule has 1 aromatic carbocycles. The van der Waals surface area contributed by atoms with E-state index < -0.39 is 18.3 Å². The Kier molecular flexibility index (Phi) is 4.11. The van der Waals surface area contributed by atoms with Crippen molar-refractivity contribution in [1.82, 2.24) is 5.32 Å². The van der Waals surface area contributed by atoms with Crippen LogP contribution in [0.1, 0.15) is 0 Å². The van der Waals surface area contributed by atoms with Gasteiger partial charge in [-0.15, -0.1) is 0 Å². The summed E-state index contributed by atoms with van der Waals surface area (Å²) < 4.78 is 9.58. The normalized spacial score (nSPS) is 18.1. The fourth-order valence-electron chi connectivity index (χ4n) is 1.75. The zero-order valence-electron chi connectivity index (χ0n) is 10.3. The third kappa shape index (κ3) is 3.29. The highest BCUT2D eigenvalue weighted by molar-refractivity contribution is 6.30. The molecule has 0 aromatic heterocycles. The third-order valence-electron chi connectivity index (χ3n) is 2.65. The fourth-order valence-corrected chi connectivity index (χ4v) is 1.94. The second-order valence-electron chi connectivity index (χ2n) is 3.97. The van der Waals surface area contributed by atoms with Gasteiger partial charge in [-0.3, -0.25) is 4.90 Å². The minimum atomic E-state index is -0.558. The first kappa shape index (κ1) is 13.5. The van der Waals surface area contributed by atoms with Crippen LogP contribution < -0.4 is 10.2 Å². The Hall–Kier alpha value is -1.95. The summed E-state index contributed by atoms with van der Waals surface area (Å²) in [4.78, 5) is 24.1. The van der Waals surface area contributed by atoms with Crippen molar-refractivity contribution in [2.24, 2.45) is 0 Å². The topological polar surface area (TPSA) is 67.9 Å². The quantitative estimate of drug-likeness (QED) is 0.922. The Bertz CT molecular complexity index is 494. The molecule has 0 aliphatic carbocycles. The van der Waals surface area contributed by atoms with E-state index in [4.69, 9.17) is 16.3 Å². The molecule has 1 N–H and O–H groups in total. The standard InChI is InChI=1S/C12H13ClN2O4/c1-18-11(16)14-6-10-7-15(12(17)19-10)9-4-2-3-8(13)5-9/h2-5,10H,6-7H2,1H3,(H,14,16)/t10-/m1/s1. The summed E-state index contributed by atoms with van der Waals surface area (Å²) in [6, 6.07) is 6.93. The summed E-state index contributed by atoms with van der Waals surface area (Å²) in [7, 11) is 1.27. The minimum Gasteiger partial charge on any atom is -0.453 e. The molecular weight excluding hydrogens is 272 g/mol. The molecule has 6 nitrogen and oxygen atoms in total. The number of hydrogen-bond acceptors (Lipinski definition) is 4. The number of anilines is 1. The van der Waals surface area contributed by atoms with Crippen LogP contribution in [0.15, 0.2) is 24.3 Å². The number of carbonyl (C=O) groups excluding carboxylic acids is 2. The van der Waals surface area contributed by atoms with Gasteiger partial charge in [-0.2, -0.15) is 0 Å². The first-order chi connectivity index (χ1) is 9.10. The van der Waals surface area contributed by atoms with Crippen molar-refractivity contribution in [3.8, 4) is 0 Å². The van der Waals surface area contributed by atoms with Crippen molar-refractivity contribution < 1.29 is 19.1 Å². The molecule has 0 saturated carbocycles. The van der Waals surface area contributed by atoms with Crippen molar-refractivity contribution >= 4 is 29.5 Å². The van der Waals surface area contributed by atoms with Gasteiger partial charge in [0.2, 0.25) is 0 Å². The van der Waals surface area contributed by atoms with E-state index in [9.17, 15) is 9.59 Å². The van der Waals surface area contributed by atoms with Crippen LogP contribution >= 0.6 is 11.6 Å². The molecule has 0 radical (unpaired) electrons. The van der Waals surface area contributed by atoms with E-state index in [0.29, 0.717) is 17.3 Å². The van der Waals surface area contributed by atoms with Gasteiger partial charge in [-0.05, 0) is 18.2 Å². The number of cyclic esters (lactones) is 1. The summed E-state index contributed by atoms with van der Waals surface area (Å²) in [5, 5.41) is 3.03. The van der Waals surface area contributed by atoms with Crippen molar-refractivity contribution in [2.75, 3.05) is 25.1 Å². The van der Waals surface area contributed by atoms with Gasteiger partial charge in [0, 0.05) is 10.7 Å². The maximum atomic E-state index is 11.7. The molecule has 7 heteroatoms. The average molecular weight is 285 g/mol. The number of rotatable bonds is 3. The highest BCUT2D eigenvalue weighted by Crippen LogP contribution is 2.24. The van der Waals surface area contributed by atoms with Crippen LogP contribution in [0, 0.1) is 0 Å². The van der Waals surface area contributed by atoms with E-state index in [1.165, 1.54) is 12.0 Å². The Morgan fingerprint density at radius 3 is 3.11 bits per heavy atom. The van der Waals surface area contributed by atoms with E-state index in [0.717, 1.165) is 0 Å². The molecule has 1 aromatic rings. The molecule has 102 valence electrons. The summed E-state index contributed by atoms with van der Waals surface area (Å²) in [6.45, 7) is 0.554. The Balaban J connectivity index is 1.98. The van der Waals surface area contributed by atoms with Crippen LogP contribution in [-0.4, -0.2) is 38.5 Å². The Morgan fingerprint density at radius 2 is 2.42 bits per heavy atom. The molecule has 19 heavy (non-hydrogen) atoms. The first-order valence-electron chi connectivity index (χ1n) is 5.65. The zero-order chi connectivity index (χ0) is 13.8. The van der Waals surface area contributed by atoms with Crippen LogP contribution in [0.25, 0.3) is 0 Å². The van der Waals surface area contributed by atoms with E-state index >= 15 is 0 Å². The number of methoxy groups -OCH3 is 1. The molecule has 1 aliphatic heterocycles. The Morgan fingerprint density at radius 1 is 1.63 bits per heavy atom. The van der Waals surface area contributed by atoms with Crippen LogP contribution in [0.4, 0.5) is 15.3 Å². The number of nitrogens with zero attached hydrogens (tertiary/aromatic N) is 1. The van der Waals surface area contributed by atoms with Crippen LogP contribution in [0.5, 0.6) is 0 Å². The fraction of sp³-hybridized carbons (Fsp3) is 0.333. The van der Waals surface area contributed by atoms with Gasteiger partial charge in [-0.25, -0.2) is 9.59 Å². The largest absolute Gasteiger partial charge is 0.453 e. The number of halogens is 1. The molecule has 1 aliphatic rings. The lowest BCUT2D eigenvalue weighted by Gasteiger charge is -2.13. The number of nitrogens with one attached hydrogen (secondary N) is 1. The lowest BCUT2D eigenvalue weighted by molar-refractivity contribution is 0.132. The molecule has 1 fully saturated rings. The van der Waals surface area contributed by atoms with Gasteiger partial charge in [0.1, 0.15) is 6.10 Å². The maximum absolute atomic E-state index is 11.7. The monoisotopic (exact) mass is 284 g/mol. The molecule has 2 rings (SSSR count). The number of amides is 2. The van der Waals surface area contributed by atoms with Crippen LogP contribution in [0.3, 0.4) is 0 Å². The van der Waals surface area contributed by atoms with Gasteiger partial charge < -0.3 is 14.8 Å². The summed E-state index contributed by atoms with van der Waals surface area (Å²) >= 11 is 5.88. The van der Waals surface area contributed by atoms with Crippen LogP contribution in [-0.2, 0) is 9.47 Å². The molecule has 2 amide bonds.